The summed E-state index contributed by atoms with van der Waals surface area (Å²) in [6.45, 7) is 1.48. The highest BCUT2D eigenvalue weighted by molar-refractivity contribution is 7.88. The number of sulfonamides is 1. The maximum Gasteiger partial charge on any atom is 0.209 e. The summed E-state index contributed by atoms with van der Waals surface area (Å²) in [6, 6.07) is -0.0421. The van der Waals surface area contributed by atoms with Crippen molar-refractivity contribution in [3.63, 3.8) is 0 Å². The summed E-state index contributed by atoms with van der Waals surface area (Å²) in [5.74, 6) is 2.63. The smallest absolute Gasteiger partial charge is 0.209 e. The minimum absolute atomic E-state index is 0.0421. The number of aromatic nitrogens is 2. The van der Waals surface area contributed by atoms with Crippen molar-refractivity contribution in [1.29, 1.82) is 0 Å². The fourth-order valence-corrected chi connectivity index (χ4v) is 4.06. The monoisotopic (exact) mass is 325 g/mol. The normalized spacial score (nSPS) is 25.5. The van der Waals surface area contributed by atoms with Crippen LogP contribution in [0.2, 0.25) is 0 Å². The first kappa shape index (κ1) is 15.5. The lowest BCUT2D eigenvalue weighted by Gasteiger charge is -2.22. The Morgan fingerprint density at radius 1 is 1.23 bits per heavy atom. The summed E-state index contributed by atoms with van der Waals surface area (Å²) in [6.07, 6.45) is 6.99. The van der Waals surface area contributed by atoms with Gasteiger partial charge in [-0.25, -0.2) is 23.1 Å². The van der Waals surface area contributed by atoms with Crippen LogP contribution < -0.4 is 14.5 Å². The predicted molar refractivity (Wildman–Crippen MR) is 86.6 cm³/mol. The van der Waals surface area contributed by atoms with Crippen LogP contribution in [0.15, 0.2) is 12.4 Å². The van der Waals surface area contributed by atoms with Crippen molar-refractivity contribution in [1.82, 2.24) is 14.7 Å². The molecule has 2 heterocycles. The molecule has 1 saturated heterocycles. The predicted octanol–water partition coefficient (Wildman–Crippen LogP) is 0.307. The minimum Gasteiger partial charge on any atom is -0.360 e. The van der Waals surface area contributed by atoms with Crippen LogP contribution in [0.25, 0.3) is 0 Å². The molecule has 0 aromatic carbocycles. The molecule has 3 rings (SSSR count). The van der Waals surface area contributed by atoms with E-state index in [1.165, 1.54) is 19.1 Å². The Morgan fingerprint density at radius 3 is 2.50 bits per heavy atom. The summed E-state index contributed by atoms with van der Waals surface area (Å²) in [7, 11) is 0.676. The number of nitrogens with one attached hydrogen (secondary N) is 1. The van der Waals surface area contributed by atoms with Crippen LogP contribution in [-0.2, 0) is 10.0 Å². The number of hydrogen-bond acceptors (Lipinski definition) is 6. The van der Waals surface area contributed by atoms with E-state index in [0.29, 0.717) is 18.4 Å². The maximum atomic E-state index is 11.6. The molecule has 0 unspecified atom stereocenters. The average Bonchev–Trinajstić information content (AvgIpc) is 3.19. The van der Waals surface area contributed by atoms with Crippen molar-refractivity contribution < 1.29 is 8.42 Å². The van der Waals surface area contributed by atoms with Crippen LogP contribution in [0.4, 0.5) is 11.6 Å². The Bertz CT molecular complexity index is 644. The minimum atomic E-state index is -3.20. The molecule has 1 aliphatic heterocycles. The highest BCUT2D eigenvalue weighted by Gasteiger charge is 2.44. The Labute approximate surface area is 131 Å². The van der Waals surface area contributed by atoms with E-state index in [4.69, 9.17) is 0 Å². The molecule has 0 bridgehead atoms. The summed E-state index contributed by atoms with van der Waals surface area (Å²) < 4.78 is 26.1. The lowest BCUT2D eigenvalue weighted by atomic mass is 9.99. The van der Waals surface area contributed by atoms with Crippen LogP contribution in [0.5, 0.6) is 0 Å². The van der Waals surface area contributed by atoms with Crippen LogP contribution >= 0.6 is 0 Å². The first-order valence-electron chi connectivity index (χ1n) is 7.56. The number of nitrogens with zero attached hydrogens (tertiary/aromatic N) is 4. The summed E-state index contributed by atoms with van der Waals surface area (Å²) >= 11 is 0. The van der Waals surface area contributed by atoms with Gasteiger partial charge in [0.2, 0.25) is 10.0 Å². The van der Waals surface area contributed by atoms with Crippen LogP contribution in [0.3, 0.4) is 0 Å². The molecule has 7 nitrogen and oxygen atoms in total. The quantitative estimate of drug-likeness (QED) is 0.839. The molecule has 1 aromatic rings. The molecule has 0 amide bonds. The molecule has 22 heavy (non-hydrogen) atoms. The second-order valence-electron chi connectivity index (χ2n) is 6.50. The third kappa shape index (κ3) is 3.33. The molecule has 1 N–H and O–H groups in total. The number of anilines is 2. The van der Waals surface area contributed by atoms with Gasteiger partial charge in [-0.15, -0.1) is 0 Å². The highest BCUT2D eigenvalue weighted by Crippen LogP contribution is 2.43. The summed E-state index contributed by atoms with van der Waals surface area (Å²) in [5, 5.41) is 0. The van der Waals surface area contributed by atoms with E-state index < -0.39 is 10.0 Å². The second kappa shape index (κ2) is 5.66. The molecule has 0 radical (unpaired) electrons. The van der Waals surface area contributed by atoms with Gasteiger partial charge in [0.25, 0.3) is 0 Å². The molecule has 8 heteroatoms. The van der Waals surface area contributed by atoms with Crippen molar-refractivity contribution in [2.24, 2.45) is 11.8 Å². The van der Waals surface area contributed by atoms with Gasteiger partial charge in [0, 0.05) is 45.6 Å². The van der Waals surface area contributed by atoms with Gasteiger partial charge in [-0.1, -0.05) is 0 Å². The van der Waals surface area contributed by atoms with Crippen molar-refractivity contribution in [3.05, 3.63) is 12.4 Å². The highest BCUT2D eigenvalue weighted by atomic mass is 32.2. The van der Waals surface area contributed by atoms with Crippen molar-refractivity contribution in [3.8, 4) is 0 Å². The van der Waals surface area contributed by atoms with E-state index >= 15 is 0 Å². The zero-order valence-electron chi connectivity index (χ0n) is 13.2. The van der Waals surface area contributed by atoms with E-state index in [2.05, 4.69) is 19.6 Å². The van der Waals surface area contributed by atoms with Crippen LogP contribution in [0, 0.1) is 11.8 Å². The molecule has 1 aromatic heterocycles. The Morgan fingerprint density at radius 2 is 1.91 bits per heavy atom. The van der Waals surface area contributed by atoms with Gasteiger partial charge >= 0.3 is 0 Å². The lowest BCUT2D eigenvalue weighted by molar-refractivity contribution is 0.427. The van der Waals surface area contributed by atoms with Gasteiger partial charge in [0.15, 0.2) is 11.6 Å². The molecular formula is C14H23N5O2S. The molecule has 2 aliphatic rings. The molecule has 1 aliphatic carbocycles. The first-order chi connectivity index (χ1) is 10.3. The van der Waals surface area contributed by atoms with Gasteiger partial charge in [-0.2, -0.15) is 0 Å². The van der Waals surface area contributed by atoms with E-state index in [-0.39, 0.29) is 6.04 Å². The Hall–Kier alpha value is -1.41. The topological polar surface area (TPSA) is 78.4 Å². The zero-order chi connectivity index (χ0) is 15.9. The Balaban J connectivity index is 1.84. The second-order valence-corrected chi connectivity index (χ2v) is 8.28. The SMILES string of the molecule is CN(C)c1nccnc1N1C[C@@H](NS(C)(=O)=O)[C@H](C2CC2)C1. The van der Waals surface area contributed by atoms with Crippen LogP contribution in [0.1, 0.15) is 12.8 Å². The fourth-order valence-electron chi connectivity index (χ4n) is 3.27. The molecule has 122 valence electrons. The number of hydrogen-bond donors (Lipinski definition) is 1. The Kier molecular flexibility index (Phi) is 3.98. The number of rotatable bonds is 5. The standard InChI is InChI=1S/C14H23N5O2S/c1-18(2)13-14(16-7-6-15-13)19-8-11(10-4-5-10)12(9-19)17-22(3,20)21/h6-7,10-12,17H,4-5,8-9H2,1-3H3/t11-,12+/m0/s1. The van der Waals surface area contributed by atoms with Gasteiger partial charge in [-0.05, 0) is 24.7 Å². The van der Waals surface area contributed by atoms with Gasteiger partial charge in [-0.3, -0.25) is 0 Å². The zero-order valence-corrected chi connectivity index (χ0v) is 14.0. The fraction of sp³-hybridized carbons (Fsp3) is 0.714. The lowest BCUT2D eigenvalue weighted by Crippen LogP contribution is -2.40. The van der Waals surface area contributed by atoms with E-state index in [1.54, 1.807) is 12.4 Å². The van der Waals surface area contributed by atoms with Gasteiger partial charge < -0.3 is 9.80 Å². The molecular weight excluding hydrogens is 302 g/mol. The van der Waals surface area contributed by atoms with Crippen molar-refractivity contribution in [2.75, 3.05) is 43.2 Å². The largest absolute Gasteiger partial charge is 0.360 e. The van der Waals surface area contributed by atoms with Gasteiger partial charge in [0.1, 0.15) is 0 Å². The van der Waals surface area contributed by atoms with Crippen LogP contribution in [-0.4, -0.2) is 57.9 Å². The van der Waals surface area contributed by atoms with Gasteiger partial charge in [0.05, 0.1) is 6.26 Å². The van der Waals surface area contributed by atoms with Crippen molar-refractivity contribution >= 4 is 21.7 Å². The van der Waals surface area contributed by atoms with E-state index in [0.717, 1.165) is 18.2 Å². The third-order valence-corrected chi connectivity index (χ3v) is 5.07. The maximum absolute atomic E-state index is 11.6. The molecule has 2 atom stereocenters. The van der Waals surface area contributed by atoms with E-state index in [1.807, 2.05) is 19.0 Å². The van der Waals surface area contributed by atoms with Crippen molar-refractivity contribution in [2.45, 2.75) is 18.9 Å². The molecule has 0 spiro atoms. The molecule has 2 fully saturated rings. The first-order valence-corrected chi connectivity index (χ1v) is 9.45. The molecule has 1 saturated carbocycles. The van der Waals surface area contributed by atoms with E-state index in [9.17, 15) is 8.42 Å². The summed E-state index contributed by atoms with van der Waals surface area (Å²) in [5.41, 5.74) is 0. The summed E-state index contributed by atoms with van der Waals surface area (Å²) in [4.78, 5) is 13.0. The third-order valence-electron chi connectivity index (χ3n) is 4.34. The average molecular weight is 325 g/mol.